The number of piperidine rings is 1. The van der Waals surface area contributed by atoms with Crippen LogP contribution in [0, 0.1) is 11.8 Å². The Bertz CT molecular complexity index is 216. The number of rotatable bonds is 0. The number of cyclic esters (lactones) is 2. The average Bonchev–Trinajstić information content (AvgIpc) is 2.01. The molecular weight excluding hydrogens is 158 g/mol. The zero-order valence-corrected chi connectivity index (χ0v) is 6.95. The molecule has 2 heterocycles. The van der Waals surface area contributed by atoms with Crippen molar-refractivity contribution < 1.29 is 14.3 Å². The van der Waals surface area contributed by atoms with Gasteiger partial charge in [0.25, 0.3) is 0 Å². The number of hydrogen-bond acceptors (Lipinski definition) is 4. The highest BCUT2D eigenvalue weighted by atomic mass is 16.6. The molecule has 2 atom stereocenters. The van der Waals surface area contributed by atoms with Gasteiger partial charge in [-0.2, -0.15) is 0 Å². The lowest BCUT2D eigenvalue weighted by Crippen LogP contribution is -2.49. The molecule has 0 N–H and O–H groups in total. The third kappa shape index (κ3) is 1.12. The Morgan fingerprint density at radius 2 is 1.75 bits per heavy atom. The molecule has 0 aromatic carbocycles. The highest BCUT2D eigenvalue weighted by Gasteiger charge is 2.41. The number of carbonyl (C=O) groups is 2. The van der Waals surface area contributed by atoms with E-state index in [4.69, 9.17) is 0 Å². The summed E-state index contributed by atoms with van der Waals surface area (Å²) in [6.45, 7) is 1.45. The number of fused-ring (bicyclic) bond motifs is 2. The van der Waals surface area contributed by atoms with E-state index in [2.05, 4.69) is 4.74 Å². The molecule has 4 heteroatoms. The van der Waals surface area contributed by atoms with Crippen molar-refractivity contribution >= 4 is 11.9 Å². The topological polar surface area (TPSA) is 46.6 Å². The second-order valence-corrected chi connectivity index (χ2v) is 3.59. The van der Waals surface area contributed by atoms with E-state index in [-0.39, 0.29) is 23.8 Å². The third-order valence-electron chi connectivity index (χ3n) is 2.50. The van der Waals surface area contributed by atoms with Crippen LogP contribution in [-0.2, 0) is 14.3 Å². The van der Waals surface area contributed by atoms with Crippen LogP contribution in [0.3, 0.4) is 0 Å². The maximum absolute atomic E-state index is 11.1. The smallest absolute Gasteiger partial charge is 0.317 e. The predicted octanol–water partition coefficient (Wildman–Crippen LogP) is -0.362. The van der Waals surface area contributed by atoms with Gasteiger partial charge in [0.05, 0.1) is 11.8 Å². The van der Waals surface area contributed by atoms with Gasteiger partial charge in [-0.3, -0.25) is 9.59 Å². The second-order valence-electron chi connectivity index (χ2n) is 3.59. The normalized spacial score (nSPS) is 36.4. The van der Waals surface area contributed by atoms with E-state index in [0.29, 0.717) is 6.42 Å². The van der Waals surface area contributed by atoms with Crippen LogP contribution in [0.1, 0.15) is 6.42 Å². The second kappa shape index (κ2) is 2.55. The van der Waals surface area contributed by atoms with Gasteiger partial charge in [-0.1, -0.05) is 0 Å². The van der Waals surface area contributed by atoms with Crippen LogP contribution < -0.4 is 0 Å². The summed E-state index contributed by atoms with van der Waals surface area (Å²) in [7, 11) is 1.92. The largest absolute Gasteiger partial charge is 0.393 e. The van der Waals surface area contributed by atoms with Crippen LogP contribution in [0.15, 0.2) is 0 Å². The third-order valence-corrected chi connectivity index (χ3v) is 2.50. The Hall–Kier alpha value is -0.900. The molecule has 0 radical (unpaired) electrons. The van der Waals surface area contributed by atoms with Crippen molar-refractivity contribution in [2.75, 3.05) is 20.1 Å². The highest BCUT2D eigenvalue weighted by molar-refractivity contribution is 5.91. The quantitative estimate of drug-likeness (QED) is 0.367. The molecule has 0 amide bonds. The predicted molar refractivity (Wildman–Crippen MR) is 40.2 cm³/mol. The zero-order valence-electron chi connectivity index (χ0n) is 6.95. The first-order chi connectivity index (χ1) is 5.66. The van der Waals surface area contributed by atoms with E-state index in [1.165, 1.54) is 0 Å². The fraction of sp³-hybridized carbons (Fsp3) is 0.750. The standard InChI is InChI=1S/C8H11NO3/c1-9-3-5-2-6(4-9)8(11)12-7(5)10/h5-6H,2-4H2,1H3. The minimum atomic E-state index is -0.345. The molecule has 2 bridgehead atoms. The summed E-state index contributed by atoms with van der Waals surface area (Å²) in [6, 6.07) is 0. The summed E-state index contributed by atoms with van der Waals surface area (Å²) in [4.78, 5) is 24.2. The summed E-state index contributed by atoms with van der Waals surface area (Å²) >= 11 is 0. The number of hydrogen-bond donors (Lipinski definition) is 0. The first-order valence-corrected chi connectivity index (χ1v) is 4.11. The zero-order chi connectivity index (χ0) is 8.72. The van der Waals surface area contributed by atoms with E-state index in [1.807, 2.05) is 11.9 Å². The van der Waals surface area contributed by atoms with Crippen LogP contribution in [0.5, 0.6) is 0 Å². The Morgan fingerprint density at radius 1 is 1.25 bits per heavy atom. The van der Waals surface area contributed by atoms with Crippen molar-refractivity contribution in [3.63, 3.8) is 0 Å². The Labute approximate surface area is 70.5 Å². The molecule has 4 nitrogen and oxygen atoms in total. The summed E-state index contributed by atoms with van der Waals surface area (Å²) in [5.74, 6) is -0.844. The van der Waals surface area contributed by atoms with Gasteiger partial charge in [-0.05, 0) is 13.5 Å². The number of esters is 2. The molecular formula is C8H11NO3. The van der Waals surface area contributed by atoms with Crippen LogP contribution in [0.4, 0.5) is 0 Å². The number of ether oxygens (including phenoxy) is 1. The van der Waals surface area contributed by atoms with E-state index in [0.717, 1.165) is 13.1 Å². The van der Waals surface area contributed by atoms with Gasteiger partial charge in [0.1, 0.15) is 0 Å². The molecule has 2 saturated heterocycles. The van der Waals surface area contributed by atoms with Gasteiger partial charge in [-0.15, -0.1) is 0 Å². The fourth-order valence-electron chi connectivity index (χ4n) is 1.93. The molecule has 2 unspecified atom stereocenters. The SMILES string of the molecule is CN1CC2CC(C1)C(=O)OC2=O. The monoisotopic (exact) mass is 169 g/mol. The van der Waals surface area contributed by atoms with Crippen molar-refractivity contribution in [1.82, 2.24) is 4.90 Å². The summed E-state index contributed by atoms with van der Waals surface area (Å²) in [6.07, 6.45) is 0.683. The van der Waals surface area contributed by atoms with Crippen molar-refractivity contribution in [3.8, 4) is 0 Å². The highest BCUT2D eigenvalue weighted by Crippen LogP contribution is 2.27. The van der Waals surface area contributed by atoms with Gasteiger partial charge in [0.15, 0.2) is 0 Å². The Balaban J connectivity index is 2.18. The lowest BCUT2D eigenvalue weighted by molar-refractivity contribution is -0.176. The van der Waals surface area contributed by atoms with Crippen LogP contribution >= 0.6 is 0 Å². The number of nitrogens with zero attached hydrogens (tertiary/aromatic N) is 1. The van der Waals surface area contributed by atoms with Gasteiger partial charge >= 0.3 is 11.9 Å². The van der Waals surface area contributed by atoms with E-state index in [9.17, 15) is 9.59 Å². The summed E-state index contributed by atoms with van der Waals surface area (Å²) in [5.41, 5.74) is 0. The molecule has 66 valence electrons. The maximum atomic E-state index is 11.1. The molecule has 0 aliphatic carbocycles. The molecule has 2 fully saturated rings. The molecule has 12 heavy (non-hydrogen) atoms. The van der Waals surface area contributed by atoms with Crippen molar-refractivity contribution in [3.05, 3.63) is 0 Å². The van der Waals surface area contributed by atoms with Crippen molar-refractivity contribution in [2.45, 2.75) is 6.42 Å². The molecule has 0 spiro atoms. The first-order valence-electron chi connectivity index (χ1n) is 4.11. The van der Waals surface area contributed by atoms with E-state index < -0.39 is 0 Å². The number of carbonyl (C=O) groups excluding carboxylic acids is 2. The molecule has 0 aromatic heterocycles. The van der Waals surface area contributed by atoms with Crippen molar-refractivity contribution in [1.29, 1.82) is 0 Å². The maximum Gasteiger partial charge on any atom is 0.317 e. The van der Waals surface area contributed by atoms with Crippen molar-refractivity contribution in [2.24, 2.45) is 11.8 Å². The van der Waals surface area contributed by atoms with Gasteiger partial charge < -0.3 is 9.64 Å². The van der Waals surface area contributed by atoms with E-state index >= 15 is 0 Å². The molecule has 0 aromatic rings. The Kier molecular flexibility index (Phi) is 1.65. The van der Waals surface area contributed by atoms with Crippen LogP contribution in [-0.4, -0.2) is 37.0 Å². The van der Waals surface area contributed by atoms with E-state index in [1.54, 1.807) is 0 Å². The lowest BCUT2D eigenvalue weighted by Gasteiger charge is -2.36. The molecule has 0 saturated carbocycles. The molecule has 2 rings (SSSR count). The van der Waals surface area contributed by atoms with Crippen LogP contribution in [0.25, 0.3) is 0 Å². The first kappa shape index (κ1) is 7.73. The number of likely N-dealkylation sites (tertiary alicyclic amines) is 1. The van der Waals surface area contributed by atoms with Gasteiger partial charge in [0, 0.05) is 13.1 Å². The fourth-order valence-corrected chi connectivity index (χ4v) is 1.93. The molecule has 2 aliphatic rings. The minimum absolute atomic E-state index is 0.0774. The average molecular weight is 169 g/mol. The molecule has 2 aliphatic heterocycles. The summed E-state index contributed by atoms with van der Waals surface area (Å²) < 4.78 is 4.60. The Morgan fingerprint density at radius 3 is 2.25 bits per heavy atom. The minimum Gasteiger partial charge on any atom is -0.393 e. The van der Waals surface area contributed by atoms with Gasteiger partial charge in [-0.25, -0.2) is 0 Å². The summed E-state index contributed by atoms with van der Waals surface area (Å²) in [5, 5.41) is 0. The van der Waals surface area contributed by atoms with Crippen LogP contribution in [0.2, 0.25) is 0 Å². The van der Waals surface area contributed by atoms with Gasteiger partial charge in [0.2, 0.25) is 0 Å². The lowest BCUT2D eigenvalue weighted by atomic mass is 9.87.